The first-order valence-electron chi connectivity index (χ1n) is 4.56. The Hall–Kier alpha value is -2.12. The molecule has 0 aliphatic rings. The zero-order valence-corrected chi connectivity index (χ0v) is 8.57. The molecule has 7 nitrogen and oxygen atoms in total. The van der Waals surface area contributed by atoms with Gasteiger partial charge >= 0.3 is 5.97 Å². The van der Waals surface area contributed by atoms with Crippen LogP contribution in [-0.4, -0.2) is 38.4 Å². The van der Waals surface area contributed by atoms with E-state index in [0.29, 0.717) is 0 Å². The molecule has 1 amide bonds. The van der Waals surface area contributed by atoms with E-state index in [-0.39, 0.29) is 11.1 Å². The van der Waals surface area contributed by atoms with E-state index in [9.17, 15) is 19.8 Å². The van der Waals surface area contributed by atoms with Crippen LogP contribution < -0.4 is 5.73 Å². The summed E-state index contributed by atoms with van der Waals surface area (Å²) in [6.45, 7) is 0. The lowest BCUT2D eigenvalue weighted by molar-refractivity contribution is -0.153. The van der Waals surface area contributed by atoms with Crippen molar-refractivity contribution in [2.24, 2.45) is 5.73 Å². The van der Waals surface area contributed by atoms with Crippen LogP contribution in [0.1, 0.15) is 22.0 Å². The first-order chi connectivity index (χ1) is 7.84. The molecule has 2 atom stereocenters. The van der Waals surface area contributed by atoms with Gasteiger partial charge in [-0.1, -0.05) is 6.07 Å². The number of aliphatic hydroxyl groups excluding tert-OH is 2. The number of aromatic hydroxyl groups is 1. The maximum Gasteiger partial charge on any atom is 0.335 e. The number of hydrogen-bond acceptors (Lipinski definition) is 5. The van der Waals surface area contributed by atoms with Gasteiger partial charge in [0.1, 0.15) is 11.9 Å². The minimum atomic E-state index is -2.03. The number of benzene rings is 1. The van der Waals surface area contributed by atoms with Crippen LogP contribution in [0.4, 0.5) is 0 Å². The third kappa shape index (κ3) is 2.71. The Kier molecular flexibility index (Phi) is 3.66. The fourth-order valence-electron chi connectivity index (χ4n) is 1.25. The van der Waals surface area contributed by atoms with Crippen LogP contribution in [0.5, 0.6) is 5.75 Å². The van der Waals surface area contributed by atoms with Gasteiger partial charge < -0.3 is 26.2 Å². The monoisotopic (exact) mass is 241 g/mol. The lowest BCUT2D eigenvalue weighted by Crippen LogP contribution is -2.27. The van der Waals surface area contributed by atoms with Crippen molar-refractivity contribution >= 4 is 11.9 Å². The second-order valence-electron chi connectivity index (χ2n) is 3.37. The molecule has 0 saturated carbocycles. The van der Waals surface area contributed by atoms with Crippen LogP contribution in [0, 0.1) is 0 Å². The van der Waals surface area contributed by atoms with E-state index >= 15 is 0 Å². The average Bonchev–Trinajstić information content (AvgIpc) is 2.27. The molecule has 92 valence electrons. The van der Waals surface area contributed by atoms with Gasteiger partial charge in [0.05, 0.1) is 5.56 Å². The number of primary amides is 1. The Morgan fingerprint density at radius 1 is 1.24 bits per heavy atom. The largest absolute Gasteiger partial charge is 0.507 e. The molecule has 0 aliphatic heterocycles. The second-order valence-corrected chi connectivity index (χ2v) is 3.37. The molecule has 1 rings (SSSR count). The Bertz CT molecular complexity index is 458. The highest BCUT2D eigenvalue weighted by Gasteiger charge is 2.26. The van der Waals surface area contributed by atoms with Gasteiger partial charge in [0.15, 0.2) is 6.10 Å². The summed E-state index contributed by atoms with van der Waals surface area (Å²) >= 11 is 0. The van der Waals surface area contributed by atoms with Crippen molar-refractivity contribution in [2.45, 2.75) is 12.2 Å². The number of carboxylic acids is 1. The van der Waals surface area contributed by atoms with Gasteiger partial charge in [-0.3, -0.25) is 4.79 Å². The molecule has 0 radical (unpaired) electrons. The standard InChI is InChI=1S/C10H11NO6/c11-9(15)5-3-4(1-2-6(5)12)7(13)8(14)10(16)17/h1-3,7-8,12-14H,(H2,11,15)(H,16,17). The van der Waals surface area contributed by atoms with Crippen LogP contribution in [0.15, 0.2) is 18.2 Å². The van der Waals surface area contributed by atoms with Crippen LogP contribution in [0.25, 0.3) is 0 Å². The average molecular weight is 241 g/mol. The van der Waals surface area contributed by atoms with Gasteiger partial charge in [-0.15, -0.1) is 0 Å². The van der Waals surface area contributed by atoms with Crippen molar-refractivity contribution in [2.75, 3.05) is 0 Å². The van der Waals surface area contributed by atoms with E-state index in [4.69, 9.17) is 15.9 Å². The summed E-state index contributed by atoms with van der Waals surface area (Å²) in [6, 6.07) is 3.28. The Balaban J connectivity index is 3.11. The van der Waals surface area contributed by atoms with E-state index in [1.165, 1.54) is 6.07 Å². The summed E-state index contributed by atoms with van der Waals surface area (Å²) in [4.78, 5) is 21.4. The number of carbonyl (C=O) groups excluding carboxylic acids is 1. The molecule has 0 spiro atoms. The van der Waals surface area contributed by atoms with Crippen LogP contribution in [-0.2, 0) is 4.79 Å². The maximum atomic E-state index is 10.9. The van der Waals surface area contributed by atoms with Gasteiger partial charge in [0, 0.05) is 0 Å². The summed E-state index contributed by atoms with van der Waals surface area (Å²) in [6.07, 6.45) is -3.74. The van der Waals surface area contributed by atoms with Gasteiger partial charge in [0.25, 0.3) is 5.91 Å². The van der Waals surface area contributed by atoms with Crippen molar-refractivity contribution < 1.29 is 30.0 Å². The molecule has 0 aromatic heterocycles. The summed E-state index contributed by atoms with van der Waals surface area (Å²) in [7, 11) is 0. The highest BCUT2D eigenvalue weighted by Crippen LogP contribution is 2.24. The quantitative estimate of drug-likeness (QED) is 0.456. The number of carbonyl (C=O) groups is 2. The number of phenols is 1. The van der Waals surface area contributed by atoms with E-state index in [0.717, 1.165) is 12.1 Å². The zero-order chi connectivity index (χ0) is 13.2. The van der Waals surface area contributed by atoms with Gasteiger partial charge in [0.2, 0.25) is 0 Å². The lowest BCUT2D eigenvalue weighted by Gasteiger charge is -2.15. The van der Waals surface area contributed by atoms with Crippen LogP contribution >= 0.6 is 0 Å². The van der Waals surface area contributed by atoms with Crippen molar-refractivity contribution in [1.29, 1.82) is 0 Å². The van der Waals surface area contributed by atoms with Gasteiger partial charge in [-0.2, -0.15) is 0 Å². The lowest BCUT2D eigenvalue weighted by atomic mass is 10.0. The van der Waals surface area contributed by atoms with E-state index in [2.05, 4.69) is 0 Å². The fourth-order valence-corrected chi connectivity index (χ4v) is 1.25. The highest BCUT2D eigenvalue weighted by molar-refractivity contribution is 5.95. The number of aliphatic hydroxyl groups is 2. The first-order valence-corrected chi connectivity index (χ1v) is 4.56. The van der Waals surface area contributed by atoms with E-state index in [1.54, 1.807) is 0 Å². The van der Waals surface area contributed by atoms with Crippen molar-refractivity contribution in [3.8, 4) is 5.75 Å². The molecule has 0 fully saturated rings. The number of nitrogens with two attached hydrogens (primary N) is 1. The third-order valence-electron chi connectivity index (χ3n) is 2.18. The molecular formula is C10H11NO6. The van der Waals surface area contributed by atoms with Gasteiger partial charge in [-0.05, 0) is 17.7 Å². The SMILES string of the molecule is NC(=O)c1cc(C(O)C(O)C(=O)O)ccc1O. The van der Waals surface area contributed by atoms with Gasteiger partial charge in [-0.25, -0.2) is 4.79 Å². The predicted octanol–water partition coefficient (Wildman–Crippen LogP) is -1.03. The summed E-state index contributed by atoms with van der Waals surface area (Å²) in [5.41, 5.74) is 4.66. The van der Waals surface area contributed by atoms with Crippen molar-refractivity contribution in [1.82, 2.24) is 0 Å². The molecule has 0 saturated heterocycles. The highest BCUT2D eigenvalue weighted by atomic mass is 16.4. The minimum absolute atomic E-state index is 0.0356. The number of hydrogen-bond donors (Lipinski definition) is 5. The van der Waals surface area contributed by atoms with Crippen LogP contribution in [0.3, 0.4) is 0 Å². The molecule has 7 heteroatoms. The molecule has 6 N–H and O–H groups in total. The van der Waals surface area contributed by atoms with E-state index in [1.807, 2.05) is 0 Å². The summed E-state index contributed by atoms with van der Waals surface area (Å²) in [5, 5.41) is 36.4. The van der Waals surface area contributed by atoms with E-state index < -0.39 is 29.8 Å². The summed E-state index contributed by atoms with van der Waals surface area (Å²) in [5.74, 6) is -2.93. The minimum Gasteiger partial charge on any atom is -0.507 e. The fraction of sp³-hybridized carbons (Fsp3) is 0.200. The molecule has 0 aliphatic carbocycles. The Labute approximate surface area is 95.7 Å². The molecule has 2 unspecified atom stereocenters. The molecular weight excluding hydrogens is 230 g/mol. The normalized spacial score (nSPS) is 14.0. The molecule has 1 aromatic rings. The zero-order valence-electron chi connectivity index (χ0n) is 8.57. The Morgan fingerprint density at radius 3 is 2.29 bits per heavy atom. The summed E-state index contributed by atoms with van der Waals surface area (Å²) < 4.78 is 0. The number of aliphatic carboxylic acids is 1. The molecule has 0 heterocycles. The first kappa shape index (κ1) is 12.9. The van der Waals surface area contributed by atoms with Crippen molar-refractivity contribution in [3.63, 3.8) is 0 Å². The van der Waals surface area contributed by atoms with Crippen LogP contribution in [0.2, 0.25) is 0 Å². The second kappa shape index (κ2) is 4.81. The number of rotatable bonds is 4. The maximum absolute atomic E-state index is 10.9. The smallest absolute Gasteiger partial charge is 0.335 e. The molecule has 17 heavy (non-hydrogen) atoms. The number of amides is 1. The predicted molar refractivity (Wildman–Crippen MR) is 55.2 cm³/mol. The number of carboxylic acid groups (broad SMARTS) is 1. The third-order valence-corrected chi connectivity index (χ3v) is 2.18. The molecule has 1 aromatic carbocycles. The topological polar surface area (TPSA) is 141 Å². The Morgan fingerprint density at radius 2 is 1.82 bits per heavy atom. The molecule has 0 bridgehead atoms. The van der Waals surface area contributed by atoms with Crippen molar-refractivity contribution in [3.05, 3.63) is 29.3 Å².